The van der Waals surface area contributed by atoms with Gasteiger partial charge in [-0.05, 0) is 107 Å². The normalized spacial score (nSPS) is 24.7. The van der Waals surface area contributed by atoms with Crippen LogP contribution in [0.2, 0.25) is 0 Å². The van der Waals surface area contributed by atoms with Crippen LogP contribution in [0.5, 0.6) is 0 Å². The Kier molecular flexibility index (Phi) is 5.73. The molecule has 41 heavy (non-hydrogen) atoms. The highest BCUT2D eigenvalue weighted by molar-refractivity contribution is 6.05. The third-order valence-electron chi connectivity index (χ3n) is 10.0. The van der Waals surface area contributed by atoms with E-state index in [0.29, 0.717) is 17.5 Å². The standard InChI is InChI=1S/C35H34F3N3/c1-19-27-13-28(22-8-10-26(36)11-9-22)32(21(3)39-4)30(27)14-29(33(19)40-17-31(37)38)24-7-5-6-23(12-24)20(2)41-35-16-25-15-34(25,35)18-35/h5-12,14,25,31,39-41H,2-3,13,15-18H2,1,4H3. The van der Waals surface area contributed by atoms with E-state index in [1.54, 1.807) is 12.1 Å². The minimum absolute atomic E-state index is 0.239. The summed E-state index contributed by atoms with van der Waals surface area (Å²) in [5, 5.41) is 10.0. The molecule has 3 N–H and O–H groups in total. The fraction of sp³-hybridized carbons (Fsp3) is 0.314. The van der Waals surface area contributed by atoms with Gasteiger partial charge in [-0.25, -0.2) is 13.2 Å². The Balaban J connectivity index is 1.32. The second kappa shape index (κ2) is 9.04. The lowest BCUT2D eigenvalue weighted by atomic mass is 9.90. The monoisotopic (exact) mass is 553 g/mol. The first-order valence-electron chi connectivity index (χ1n) is 14.3. The summed E-state index contributed by atoms with van der Waals surface area (Å²) in [7, 11) is 1.83. The molecule has 0 saturated heterocycles. The average Bonchev–Trinajstić information content (AvgIpc) is 3.62. The average molecular weight is 554 g/mol. The zero-order valence-corrected chi connectivity index (χ0v) is 23.4. The van der Waals surface area contributed by atoms with Gasteiger partial charge in [0, 0.05) is 40.8 Å². The summed E-state index contributed by atoms with van der Waals surface area (Å²) in [6.45, 7) is 10.2. The molecule has 4 aliphatic rings. The van der Waals surface area contributed by atoms with Crippen LogP contribution in [0, 0.1) is 24.1 Å². The van der Waals surface area contributed by atoms with Gasteiger partial charge in [-0.2, -0.15) is 0 Å². The Bertz CT molecular complexity index is 1650. The van der Waals surface area contributed by atoms with Gasteiger partial charge in [0.15, 0.2) is 0 Å². The molecule has 3 aromatic rings. The quantitative estimate of drug-likeness (QED) is 0.240. The molecule has 0 heterocycles. The fourth-order valence-electron chi connectivity index (χ4n) is 7.70. The maximum Gasteiger partial charge on any atom is 0.255 e. The number of alkyl halides is 2. The molecule has 1 spiro atoms. The summed E-state index contributed by atoms with van der Waals surface area (Å²) in [5.41, 5.74) is 11.8. The molecule has 3 fully saturated rings. The van der Waals surface area contributed by atoms with Crippen molar-refractivity contribution in [2.75, 3.05) is 18.9 Å². The number of halogens is 3. The van der Waals surface area contributed by atoms with Crippen LogP contribution >= 0.6 is 0 Å². The highest BCUT2D eigenvalue weighted by Gasteiger charge is 2.88. The lowest BCUT2D eigenvalue weighted by Crippen LogP contribution is -2.38. The van der Waals surface area contributed by atoms with Gasteiger partial charge >= 0.3 is 0 Å². The second-order valence-corrected chi connectivity index (χ2v) is 12.2. The first kappa shape index (κ1) is 26.0. The minimum Gasteiger partial charge on any atom is -0.388 e. The first-order valence-corrected chi connectivity index (χ1v) is 14.3. The number of allylic oxidation sites excluding steroid dienone is 2. The van der Waals surface area contributed by atoms with Crippen molar-refractivity contribution in [3.05, 3.63) is 107 Å². The zero-order chi connectivity index (χ0) is 28.7. The topological polar surface area (TPSA) is 36.1 Å². The van der Waals surface area contributed by atoms with Gasteiger partial charge in [-0.1, -0.05) is 43.5 Å². The fourth-order valence-corrected chi connectivity index (χ4v) is 7.70. The number of anilines is 1. The van der Waals surface area contributed by atoms with E-state index in [9.17, 15) is 13.2 Å². The van der Waals surface area contributed by atoms with Crippen molar-refractivity contribution in [3.63, 3.8) is 0 Å². The Labute approximate surface area is 239 Å². The molecule has 3 saturated carbocycles. The summed E-state index contributed by atoms with van der Waals surface area (Å²) < 4.78 is 40.7. The highest BCUT2D eigenvalue weighted by Crippen LogP contribution is 2.89. The van der Waals surface area contributed by atoms with E-state index < -0.39 is 13.0 Å². The lowest BCUT2D eigenvalue weighted by Gasteiger charge is -2.28. The van der Waals surface area contributed by atoms with Gasteiger partial charge in [0.1, 0.15) is 5.82 Å². The lowest BCUT2D eigenvalue weighted by molar-refractivity contribution is 0.163. The molecule has 3 atom stereocenters. The van der Waals surface area contributed by atoms with Gasteiger partial charge in [0.05, 0.1) is 6.54 Å². The number of rotatable bonds is 10. The van der Waals surface area contributed by atoms with Gasteiger partial charge in [0.25, 0.3) is 6.43 Å². The van der Waals surface area contributed by atoms with Gasteiger partial charge in [-0.3, -0.25) is 0 Å². The van der Waals surface area contributed by atoms with Crippen molar-refractivity contribution >= 4 is 22.5 Å². The van der Waals surface area contributed by atoms with Crippen molar-refractivity contribution in [2.24, 2.45) is 11.3 Å². The van der Waals surface area contributed by atoms with Crippen LogP contribution in [-0.4, -0.2) is 25.6 Å². The molecule has 0 amide bonds. The molecule has 0 bridgehead atoms. The summed E-state index contributed by atoms with van der Waals surface area (Å²) in [6, 6.07) is 16.8. The molecule has 3 aromatic carbocycles. The predicted octanol–water partition coefficient (Wildman–Crippen LogP) is 7.79. The van der Waals surface area contributed by atoms with Crippen molar-refractivity contribution in [2.45, 2.75) is 44.6 Å². The molecule has 3 nitrogen and oxygen atoms in total. The number of likely N-dealkylation sites (N-methyl/N-ethyl adjacent to an activating group) is 1. The second-order valence-electron chi connectivity index (χ2n) is 12.2. The Morgan fingerprint density at radius 3 is 2.41 bits per heavy atom. The van der Waals surface area contributed by atoms with Gasteiger partial charge in [-0.15, -0.1) is 0 Å². The van der Waals surface area contributed by atoms with Crippen LogP contribution in [0.15, 0.2) is 73.5 Å². The maximum absolute atomic E-state index is 13.8. The van der Waals surface area contributed by atoms with Crippen molar-refractivity contribution in [3.8, 4) is 11.1 Å². The van der Waals surface area contributed by atoms with E-state index in [0.717, 1.165) is 67.4 Å². The van der Waals surface area contributed by atoms with E-state index in [1.165, 1.54) is 31.4 Å². The van der Waals surface area contributed by atoms with E-state index in [4.69, 9.17) is 0 Å². The van der Waals surface area contributed by atoms with Crippen LogP contribution < -0.4 is 16.0 Å². The molecule has 0 aliphatic heterocycles. The van der Waals surface area contributed by atoms with Crippen LogP contribution in [0.1, 0.15) is 47.1 Å². The number of fused-ring (bicyclic) bond motifs is 1. The minimum atomic E-state index is -2.49. The number of benzene rings is 3. The highest BCUT2D eigenvalue weighted by atomic mass is 19.3. The third kappa shape index (κ3) is 3.94. The third-order valence-corrected chi connectivity index (χ3v) is 10.0. The Morgan fingerprint density at radius 1 is 1.00 bits per heavy atom. The first-order chi connectivity index (χ1) is 19.7. The Hall–Kier alpha value is -3.93. The van der Waals surface area contributed by atoms with E-state index in [2.05, 4.69) is 47.3 Å². The molecule has 4 aliphatic carbocycles. The van der Waals surface area contributed by atoms with E-state index in [1.807, 2.05) is 26.1 Å². The van der Waals surface area contributed by atoms with Gasteiger partial charge in [0.2, 0.25) is 0 Å². The SMILES string of the molecule is C=C(NC)C1=C(c2ccc(F)cc2)Cc2c1cc(-c1cccc(C(=C)NC34CC5CC53C4)c1)c(NCC(F)F)c2C. The molecule has 210 valence electrons. The van der Waals surface area contributed by atoms with E-state index in [-0.39, 0.29) is 11.4 Å². The Morgan fingerprint density at radius 2 is 1.78 bits per heavy atom. The number of hydrogen-bond acceptors (Lipinski definition) is 3. The predicted molar refractivity (Wildman–Crippen MR) is 161 cm³/mol. The number of nitrogens with one attached hydrogen (secondary N) is 3. The van der Waals surface area contributed by atoms with Crippen LogP contribution in [0.4, 0.5) is 18.9 Å². The van der Waals surface area contributed by atoms with Crippen LogP contribution in [0.25, 0.3) is 28.0 Å². The summed E-state index contributed by atoms with van der Waals surface area (Å²) in [5.74, 6) is 0.610. The van der Waals surface area contributed by atoms with Crippen molar-refractivity contribution in [1.82, 2.24) is 10.6 Å². The largest absolute Gasteiger partial charge is 0.388 e. The molecule has 6 heteroatoms. The summed E-state index contributed by atoms with van der Waals surface area (Å²) >= 11 is 0. The maximum atomic E-state index is 13.8. The smallest absolute Gasteiger partial charge is 0.255 e. The summed E-state index contributed by atoms with van der Waals surface area (Å²) in [4.78, 5) is 0. The molecule has 0 aromatic heterocycles. The molecular weight excluding hydrogens is 519 g/mol. The molecule has 7 rings (SSSR count). The molecular formula is C35H34F3N3. The van der Waals surface area contributed by atoms with Crippen molar-refractivity contribution in [1.29, 1.82) is 0 Å². The van der Waals surface area contributed by atoms with Crippen LogP contribution in [-0.2, 0) is 6.42 Å². The zero-order valence-electron chi connectivity index (χ0n) is 23.4. The van der Waals surface area contributed by atoms with Crippen LogP contribution in [0.3, 0.4) is 0 Å². The number of hydrogen-bond donors (Lipinski definition) is 3. The van der Waals surface area contributed by atoms with Crippen molar-refractivity contribution < 1.29 is 13.2 Å². The van der Waals surface area contributed by atoms with Gasteiger partial charge < -0.3 is 16.0 Å². The van der Waals surface area contributed by atoms with E-state index >= 15 is 0 Å². The molecule has 0 radical (unpaired) electrons. The summed E-state index contributed by atoms with van der Waals surface area (Å²) in [6.07, 6.45) is 1.93. The molecule has 3 unspecified atom stereocenters.